The van der Waals surface area contributed by atoms with E-state index in [4.69, 9.17) is 0 Å². The van der Waals surface area contributed by atoms with Gasteiger partial charge in [-0.3, -0.25) is 9.73 Å². The zero-order chi connectivity index (χ0) is 22.2. The van der Waals surface area contributed by atoms with Crippen LogP contribution < -0.4 is 0 Å². The molecule has 0 bridgehead atoms. The van der Waals surface area contributed by atoms with Crippen LogP contribution in [-0.2, 0) is 16.9 Å². The average Bonchev–Trinajstić information content (AvgIpc) is 3.13. The van der Waals surface area contributed by atoms with E-state index in [1.54, 1.807) is 0 Å². The lowest BCUT2D eigenvalue weighted by atomic mass is 9.83. The van der Waals surface area contributed by atoms with Crippen molar-refractivity contribution < 1.29 is 40.6 Å². The molecule has 1 N–H and O–H groups in total. The topological polar surface area (TPSA) is 85.4 Å². The third kappa shape index (κ3) is 4.33. The lowest BCUT2D eigenvalue weighted by Crippen LogP contribution is -2.54. The van der Waals surface area contributed by atoms with Gasteiger partial charge >= 0.3 is 12.3 Å². The van der Waals surface area contributed by atoms with Crippen molar-refractivity contribution in [3.8, 4) is 0 Å². The fourth-order valence-electron chi connectivity index (χ4n) is 2.84. The Morgan fingerprint density at radius 1 is 1.17 bits per heavy atom. The molecule has 0 radical (unpaired) electrons. The summed E-state index contributed by atoms with van der Waals surface area (Å²) in [5.74, 6) is -7.09. The maximum atomic E-state index is 15.4. The molecule has 1 aromatic heterocycles. The first-order valence-corrected chi connectivity index (χ1v) is 8.18. The Hall–Kier alpha value is -2.87. The summed E-state index contributed by atoms with van der Waals surface area (Å²) in [7, 11) is 0. The molecule has 0 saturated heterocycles. The van der Waals surface area contributed by atoms with Gasteiger partial charge in [0.25, 0.3) is 0 Å². The number of aromatic nitrogens is 4. The highest BCUT2D eigenvalue weighted by Crippen LogP contribution is 2.43. The summed E-state index contributed by atoms with van der Waals surface area (Å²) in [5, 5.41) is 20.7. The van der Waals surface area contributed by atoms with Crippen molar-refractivity contribution in [3.05, 3.63) is 53.9 Å². The van der Waals surface area contributed by atoms with Crippen LogP contribution in [0.25, 0.3) is 0 Å². The molecule has 2 unspecified atom stereocenters. The molecule has 1 aromatic carbocycles. The number of dihydropyridines is 1. The predicted molar refractivity (Wildman–Crippen MR) is 85.1 cm³/mol. The number of alkyl halides is 5. The number of halogens is 7. The molecule has 2 aromatic rings. The molecule has 0 spiro atoms. The second kappa shape index (κ2) is 7.75. The standard InChI is InChI=1S/C16H12F7N5O2/c17-9-4-5-10(11(18)6-9)14(29,7-28-8-24-26-27-28)15(19,20)12-2-1-3-13(25-12)30-16(21,22)23/h1-2,4-6,8,13,29H,3,7H2. The predicted octanol–water partition coefficient (Wildman–Crippen LogP) is 2.74. The number of rotatable bonds is 6. The van der Waals surface area contributed by atoms with Crippen LogP contribution in [-0.4, -0.2) is 49.5 Å². The molecule has 0 aliphatic carbocycles. The van der Waals surface area contributed by atoms with Crippen molar-refractivity contribution >= 4 is 5.71 Å². The summed E-state index contributed by atoms with van der Waals surface area (Å²) in [5.41, 5.74) is -5.80. The third-order valence-corrected chi connectivity index (χ3v) is 4.17. The fourth-order valence-corrected chi connectivity index (χ4v) is 2.84. The number of hydrogen-bond acceptors (Lipinski definition) is 6. The van der Waals surface area contributed by atoms with Crippen molar-refractivity contribution in [3.63, 3.8) is 0 Å². The molecule has 0 amide bonds. The van der Waals surface area contributed by atoms with Crippen LogP contribution in [0.4, 0.5) is 30.7 Å². The number of allylic oxidation sites excluding steroid dienone is 1. The van der Waals surface area contributed by atoms with Crippen LogP contribution in [0.2, 0.25) is 0 Å². The first-order valence-electron chi connectivity index (χ1n) is 8.18. The highest BCUT2D eigenvalue weighted by atomic mass is 19.4. The van der Waals surface area contributed by atoms with Crippen LogP contribution in [0, 0.1) is 11.6 Å². The fraction of sp³-hybridized carbons (Fsp3) is 0.375. The van der Waals surface area contributed by atoms with Crippen molar-refractivity contribution in [2.75, 3.05) is 0 Å². The van der Waals surface area contributed by atoms with Crippen LogP contribution >= 0.6 is 0 Å². The Kier molecular flexibility index (Phi) is 5.64. The van der Waals surface area contributed by atoms with E-state index in [0.717, 1.165) is 12.4 Å². The van der Waals surface area contributed by atoms with E-state index in [2.05, 4.69) is 25.3 Å². The quantitative estimate of drug-likeness (QED) is 0.700. The molecule has 3 rings (SSSR count). The largest absolute Gasteiger partial charge is 0.524 e. The number of hydrogen-bond donors (Lipinski definition) is 1. The van der Waals surface area contributed by atoms with Gasteiger partial charge in [-0.25, -0.2) is 13.5 Å². The molecule has 1 aliphatic rings. The SMILES string of the molecule is OC(Cn1cnnn1)(c1ccc(F)cc1F)C(F)(F)C1=NC(OC(F)(F)F)CC=C1. The highest BCUT2D eigenvalue weighted by Gasteiger charge is 2.59. The first-order chi connectivity index (χ1) is 13.9. The van der Waals surface area contributed by atoms with Gasteiger partial charge in [0.1, 0.15) is 23.7 Å². The van der Waals surface area contributed by atoms with Gasteiger partial charge in [0, 0.05) is 18.1 Å². The zero-order valence-corrected chi connectivity index (χ0v) is 14.7. The molecular weight excluding hydrogens is 427 g/mol. The van der Waals surface area contributed by atoms with Gasteiger partial charge in [-0.15, -0.1) is 18.3 Å². The van der Waals surface area contributed by atoms with Gasteiger partial charge in [0.05, 0.1) is 6.54 Å². The normalized spacial score (nSPS) is 19.5. The summed E-state index contributed by atoms with van der Waals surface area (Å²) < 4.78 is 100. The lowest BCUT2D eigenvalue weighted by Gasteiger charge is -2.37. The van der Waals surface area contributed by atoms with Gasteiger partial charge < -0.3 is 5.11 Å². The van der Waals surface area contributed by atoms with Crippen molar-refractivity contribution in [2.45, 2.75) is 37.1 Å². The van der Waals surface area contributed by atoms with Crippen molar-refractivity contribution in [1.82, 2.24) is 20.2 Å². The van der Waals surface area contributed by atoms with Crippen molar-refractivity contribution in [1.29, 1.82) is 0 Å². The second-order valence-electron chi connectivity index (χ2n) is 6.24. The monoisotopic (exact) mass is 439 g/mol. The minimum Gasteiger partial charge on any atom is -0.377 e. The average molecular weight is 439 g/mol. The maximum absolute atomic E-state index is 15.4. The molecule has 2 heterocycles. The van der Waals surface area contributed by atoms with E-state index >= 15 is 8.78 Å². The second-order valence-corrected chi connectivity index (χ2v) is 6.24. The summed E-state index contributed by atoms with van der Waals surface area (Å²) in [6.07, 6.45) is -5.18. The summed E-state index contributed by atoms with van der Waals surface area (Å²) in [6.45, 7) is -1.13. The third-order valence-electron chi connectivity index (χ3n) is 4.17. The molecule has 0 saturated carbocycles. The van der Waals surface area contributed by atoms with E-state index < -0.39 is 60.0 Å². The van der Waals surface area contributed by atoms with Crippen LogP contribution in [0.3, 0.4) is 0 Å². The van der Waals surface area contributed by atoms with Crippen LogP contribution in [0.15, 0.2) is 41.7 Å². The first kappa shape index (κ1) is 21.8. The zero-order valence-electron chi connectivity index (χ0n) is 14.7. The molecule has 7 nitrogen and oxygen atoms in total. The smallest absolute Gasteiger partial charge is 0.377 e. The lowest BCUT2D eigenvalue weighted by molar-refractivity contribution is -0.341. The number of aliphatic hydroxyl groups is 1. The molecule has 2 atom stereocenters. The van der Waals surface area contributed by atoms with Crippen LogP contribution in [0.1, 0.15) is 12.0 Å². The Morgan fingerprint density at radius 2 is 1.90 bits per heavy atom. The number of aliphatic imine (C=N–C) groups is 1. The van der Waals surface area contributed by atoms with E-state index in [1.807, 2.05) is 0 Å². The number of ether oxygens (including phenoxy) is 1. The summed E-state index contributed by atoms with van der Waals surface area (Å²) in [6, 6.07) is 1.48. The maximum Gasteiger partial charge on any atom is 0.524 e. The minimum absolute atomic E-state index is 0.268. The Bertz CT molecular complexity index is 961. The summed E-state index contributed by atoms with van der Waals surface area (Å²) in [4.78, 5) is 3.23. The number of benzene rings is 1. The van der Waals surface area contributed by atoms with Crippen LogP contribution in [0.5, 0.6) is 0 Å². The molecule has 30 heavy (non-hydrogen) atoms. The molecular formula is C16H12F7N5O2. The Morgan fingerprint density at radius 3 is 2.50 bits per heavy atom. The Labute approximate surface area is 163 Å². The van der Waals surface area contributed by atoms with Gasteiger partial charge in [0.2, 0.25) is 0 Å². The summed E-state index contributed by atoms with van der Waals surface area (Å²) >= 11 is 0. The van der Waals surface area contributed by atoms with E-state index in [-0.39, 0.29) is 6.07 Å². The van der Waals surface area contributed by atoms with Gasteiger partial charge in [-0.1, -0.05) is 6.08 Å². The van der Waals surface area contributed by atoms with E-state index in [1.165, 1.54) is 0 Å². The van der Waals surface area contributed by atoms with Gasteiger partial charge in [0.15, 0.2) is 11.8 Å². The van der Waals surface area contributed by atoms with Crippen molar-refractivity contribution in [2.24, 2.45) is 4.99 Å². The number of nitrogens with zero attached hydrogens (tertiary/aromatic N) is 5. The minimum atomic E-state index is -5.15. The molecule has 14 heteroatoms. The Balaban J connectivity index is 2.08. The van der Waals surface area contributed by atoms with E-state index in [0.29, 0.717) is 22.9 Å². The van der Waals surface area contributed by atoms with Gasteiger partial charge in [-0.05, 0) is 28.6 Å². The molecule has 1 aliphatic heterocycles. The molecule has 0 fully saturated rings. The van der Waals surface area contributed by atoms with Gasteiger partial charge in [-0.2, -0.15) is 8.78 Å². The van der Waals surface area contributed by atoms with E-state index in [9.17, 15) is 27.1 Å². The molecule has 162 valence electrons. The highest BCUT2D eigenvalue weighted by molar-refractivity contribution is 6.02. The number of tetrazole rings is 1.